The third-order valence-corrected chi connectivity index (χ3v) is 6.88. The number of nitrogens with zero attached hydrogens (tertiary/aromatic N) is 6. The number of halogens is 5. The third-order valence-electron chi connectivity index (χ3n) is 6.88. The molecule has 38 heavy (non-hydrogen) atoms. The van der Waals surface area contributed by atoms with Crippen LogP contribution in [0.4, 0.5) is 27.9 Å². The maximum atomic E-state index is 15.1. The predicted octanol–water partition coefficient (Wildman–Crippen LogP) is 3.68. The molecule has 14 heteroatoms. The number of rotatable bonds is 7. The Balaban J connectivity index is 1.31. The second-order valence-corrected chi connectivity index (χ2v) is 9.31. The highest BCUT2D eigenvalue weighted by atomic mass is 19.3. The van der Waals surface area contributed by atoms with Crippen LogP contribution >= 0.6 is 0 Å². The number of anilines is 1. The van der Waals surface area contributed by atoms with E-state index in [1.807, 2.05) is 0 Å². The molecule has 1 atom stereocenters. The Morgan fingerprint density at radius 1 is 1.32 bits per heavy atom. The first-order valence-corrected chi connectivity index (χ1v) is 11.9. The van der Waals surface area contributed by atoms with E-state index in [-0.39, 0.29) is 49.0 Å². The summed E-state index contributed by atoms with van der Waals surface area (Å²) in [4.78, 5) is 9.62. The molecular weight excluding hydrogens is 513 g/mol. The number of benzene rings is 1. The van der Waals surface area contributed by atoms with E-state index >= 15 is 8.78 Å². The number of fused-ring (bicyclic) bond motifs is 2. The molecule has 3 aromatic heterocycles. The first-order chi connectivity index (χ1) is 18.6. The van der Waals surface area contributed by atoms with Crippen molar-refractivity contribution in [1.82, 2.24) is 29.0 Å². The zero-order valence-electron chi connectivity index (χ0n) is 21.2. The number of alkyl halides is 4. The van der Waals surface area contributed by atoms with Crippen LogP contribution in [0.15, 0.2) is 30.7 Å². The summed E-state index contributed by atoms with van der Waals surface area (Å²) in [7, 11) is 1.35. The van der Waals surface area contributed by atoms with Crippen LogP contribution in [0, 0.1) is 5.82 Å². The highest BCUT2D eigenvalue weighted by molar-refractivity contribution is 5.90. The minimum atomic E-state index is -3.16. The average molecular weight is 538 g/mol. The van der Waals surface area contributed by atoms with Gasteiger partial charge in [-0.1, -0.05) is 0 Å². The fourth-order valence-electron chi connectivity index (χ4n) is 4.92. The SMILES string of the molecule is [2H]C1(N2CCC(Nc3nc(OC)c4c(-c5cc(F)c6ncn(CC(F)F)c6c5)ccn4n3)C(F)(F)C2)COC1. The summed E-state index contributed by atoms with van der Waals surface area (Å²) in [5.74, 6) is -3.90. The Labute approximate surface area is 214 Å². The smallest absolute Gasteiger partial charge is 0.280 e. The van der Waals surface area contributed by atoms with Gasteiger partial charge in [-0.15, -0.1) is 5.10 Å². The number of methoxy groups -OCH3 is 1. The monoisotopic (exact) mass is 538 g/mol. The van der Waals surface area contributed by atoms with Crippen LogP contribution in [0.1, 0.15) is 7.79 Å². The molecule has 5 heterocycles. The van der Waals surface area contributed by atoms with Gasteiger partial charge in [0.1, 0.15) is 11.0 Å². The fourth-order valence-corrected chi connectivity index (χ4v) is 4.92. The van der Waals surface area contributed by atoms with Crippen molar-refractivity contribution in [1.29, 1.82) is 0 Å². The quantitative estimate of drug-likeness (QED) is 0.360. The standard InChI is InChI=1S/C24H24F5N7O2/c1-37-22-21-15(13-6-16(25)20-17(7-13)35(12-30-20)8-19(26)27)2-5-36(21)33-23(32-22)31-18-3-4-34(11-24(18,28)29)14-9-38-10-14/h2,5-7,12,14,18-19H,3-4,8-11H2,1H3,(H,31,33)/i14D. The minimum Gasteiger partial charge on any atom is -0.479 e. The highest BCUT2D eigenvalue weighted by Gasteiger charge is 2.47. The maximum Gasteiger partial charge on any atom is 0.280 e. The lowest BCUT2D eigenvalue weighted by Gasteiger charge is -2.44. The van der Waals surface area contributed by atoms with Gasteiger partial charge in [0.05, 0.1) is 58.7 Å². The van der Waals surface area contributed by atoms with Gasteiger partial charge >= 0.3 is 0 Å². The van der Waals surface area contributed by atoms with E-state index in [4.69, 9.17) is 10.8 Å². The van der Waals surface area contributed by atoms with Crippen molar-refractivity contribution in [3.8, 4) is 17.0 Å². The largest absolute Gasteiger partial charge is 0.479 e. The predicted molar refractivity (Wildman–Crippen MR) is 127 cm³/mol. The summed E-state index contributed by atoms with van der Waals surface area (Å²) in [6, 6.07) is 1.97. The van der Waals surface area contributed by atoms with E-state index in [1.165, 1.54) is 33.2 Å². The molecule has 2 aliphatic rings. The Morgan fingerprint density at radius 2 is 2.13 bits per heavy atom. The third kappa shape index (κ3) is 4.30. The molecule has 0 saturated carbocycles. The van der Waals surface area contributed by atoms with Gasteiger partial charge < -0.3 is 19.4 Å². The van der Waals surface area contributed by atoms with Crippen molar-refractivity contribution in [3.63, 3.8) is 0 Å². The summed E-state index contributed by atoms with van der Waals surface area (Å²) in [5.41, 5.74) is 1.30. The molecule has 9 nitrogen and oxygen atoms in total. The number of piperidine rings is 1. The summed E-state index contributed by atoms with van der Waals surface area (Å²) >= 11 is 0. The molecule has 0 radical (unpaired) electrons. The molecular formula is C24H24F5N7O2. The van der Waals surface area contributed by atoms with Crippen molar-refractivity contribution in [3.05, 3.63) is 36.5 Å². The Morgan fingerprint density at radius 3 is 2.82 bits per heavy atom. The molecule has 0 amide bonds. The summed E-state index contributed by atoms with van der Waals surface area (Å²) in [6.07, 6.45) is 0.108. The lowest BCUT2D eigenvalue weighted by atomic mass is 9.98. The number of likely N-dealkylation sites (tertiary alicyclic amines) is 1. The van der Waals surface area contributed by atoms with Gasteiger partial charge in [-0.25, -0.2) is 31.5 Å². The number of aromatic nitrogens is 5. The van der Waals surface area contributed by atoms with Crippen LogP contribution in [0.2, 0.25) is 0 Å². The van der Waals surface area contributed by atoms with Crippen LogP contribution in [-0.4, -0.2) is 86.9 Å². The molecule has 202 valence electrons. The first-order valence-electron chi connectivity index (χ1n) is 12.4. The van der Waals surface area contributed by atoms with Crippen molar-refractivity contribution in [2.24, 2.45) is 0 Å². The van der Waals surface area contributed by atoms with E-state index in [0.717, 1.165) is 6.33 Å². The van der Waals surface area contributed by atoms with E-state index in [9.17, 15) is 13.2 Å². The van der Waals surface area contributed by atoms with Gasteiger partial charge in [0.15, 0.2) is 5.82 Å². The van der Waals surface area contributed by atoms with E-state index in [0.29, 0.717) is 16.6 Å². The number of hydrogen-bond donors (Lipinski definition) is 1. The molecule has 0 bridgehead atoms. The normalized spacial score (nSPS) is 21.6. The molecule has 6 rings (SSSR count). The topological polar surface area (TPSA) is 81.7 Å². The minimum absolute atomic E-state index is 0.0363. The average Bonchev–Trinajstić information content (AvgIpc) is 3.47. The Kier molecular flexibility index (Phi) is 5.80. The number of ether oxygens (including phenoxy) is 2. The van der Waals surface area contributed by atoms with E-state index in [2.05, 4.69) is 20.4 Å². The highest BCUT2D eigenvalue weighted by Crippen LogP contribution is 2.35. The van der Waals surface area contributed by atoms with E-state index in [1.54, 1.807) is 12.3 Å². The molecule has 0 aliphatic carbocycles. The second kappa shape index (κ2) is 9.34. The van der Waals surface area contributed by atoms with Gasteiger partial charge in [0, 0.05) is 18.3 Å². The number of nitrogens with one attached hydrogen (secondary N) is 1. The zero-order chi connectivity index (χ0) is 27.5. The molecule has 1 unspecified atom stereocenters. The molecule has 0 spiro atoms. The van der Waals surface area contributed by atoms with Crippen LogP contribution in [0.5, 0.6) is 5.88 Å². The van der Waals surface area contributed by atoms with Crippen molar-refractivity contribution >= 4 is 22.5 Å². The molecule has 1 N–H and O–H groups in total. The first kappa shape index (κ1) is 23.6. The number of hydrogen-bond acceptors (Lipinski definition) is 7. The molecule has 4 aromatic rings. The fraction of sp³-hybridized carbons (Fsp3) is 0.458. The summed E-state index contributed by atoms with van der Waals surface area (Å²) < 4.78 is 92.3. The summed E-state index contributed by atoms with van der Waals surface area (Å²) in [5, 5.41) is 7.03. The van der Waals surface area contributed by atoms with Crippen LogP contribution < -0.4 is 10.1 Å². The Hall–Kier alpha value is -3.52. The van der Waals surface area contributed by atoms with Crippen molar-refractivity contribution < 1.29 is 32.8 Å². The van der Waals surface area contributed by atoms with Crippen molar-refractivity contribution in [2.45, 2.75) is 37.4 Å². The lowest BCUT2D eigenvalue weighted by molar-refractivity contribution is -0.131. The van der Waals surface area contributed by atoms with E-state index < -0.39 is 43.3 Å². The Bertz CT molecular complexity index is 1540. The van der Waals surface area contributed by atoms with Crippen molar-refractivity contribution in [2.75, 3.05) is 38.7 Å². The molecule has 2 aliphatic heterocycles. The lowest BCUT2D eigenvalue weighted by Crippen LogP contribution is -2.61. The van der Waals surface area contributed by atoms with Gasteiger partial charge in [-0.2, -0.15) is 4.98 Å². The van der Waals surface area contributed by atoms with Gasteiger partial charge in [0.25, 0.3) is 12.3 Å². The molecule has 2 saturated heterocycles. The van der Waals surface area contributed by atoms with Crippen LogP contribution in [-0.2, 0) is 11.3 Å². The van der Waals surface area contributed by atoms with Crippen LogP contribution in [0.25, 0.3) is 27.7 Å². The molecule has 2 fully saturated rings. The number of imidazole rings is 1. The molecule has 1 aromatic carbocycles. The maximum absolute atomic E-state index is 15.1. The zero-order valence-corrected chi connectivity index (χ0v) is 20.2. The van der Waals surface area contributed by atoms with Gasteiger partial charge in [0.2, 0.25) is 11.8 Å². The van der Waals surface area contributed by atoms with Gasteiger partial charge in [-0.05, 0) is 30.2 Å². The van der Waals surface area contributed by atoms with Crippen LogP contribution in [0.3, 0.4) is 0 Å². The second-order valence-electron chi connectivity index (χ2n) is 9.31. The summed E-state index contributed by atoms with van der Waals surface area (Å²) in [6.45, 7) is -0.763. The van der Waals surface area contributed by atoms with Gasteiger partial charge in [-0.3, -0.25) is 4.90 Å².